The minimum Gasteiger partial charge on any atom is -0.485 e. The molecule has 172 valence electrons. The van der Waals surface area contributed by atoms with Crippen LogP contribution in [0.4, 0.5) is 5.00 Å². The fourth-order valence-corrected chi connectivity index (χ4v) is 6.06. The molecule has 1 atom stereocenters. The highest BCUT2D eigenvalue weighted by molar-refractivity contribution is 7.99. The number of fused-ring (bicyclic) bond motifs is 1. The lowest BCUT2D eigenvalue weighted by Gasteiger charge is -2.17. The van der Waals surface area contributed by atoms with Crippen molar-refractivity contribution in [2.24, 2.45) is 13.0 Å². The van der Waals surface area contributed by atoms with Gasteiger partial charge in [-0.05, 0) is 56.2 Å². The molecule has 1 aliphatic carbocycles. The number of benzene rings is 1. The number of amides is 1. The van der Waals surface area contributed by atoms with Crippen LogP contribution in [0.3, 0.4) is 0 Å². The number of thiophene rings is 1. The van der Waals surface area contributed by atoms with Crippen molar-refractivity contribution in [2.75, 3.05) is 11.1 Å². The fraction of sp³-hybridized carbons (Fsp3) is 0.417. The highest BCUT2D eigenvalue weighted by atomic mass is 32.2. The van der Waals surface area contributed by atoms with E-state index in [2.05, 4.69) is 34.6 Å². The molecular formula is C24H27N5O2S2. The predicted molar refractivity (Wildman–Crippen MR) is 131 cm³/mol. The third-order valence-corrected chi connectivity index (χ3v) is 8.01. The summed E-state index contributed by atoms with van der Waals surface area (Å²) < 4.78 is 7.75. The van der Waals surface area contributed by atoms with Crippen LogP contribution in [0.15, 0.2) is 23.4 Å². The Morgan fingerprint density at radius 1 is 1.39 bits per heavy atom. The van der Waals surface area contributed by atoms with Gasteiger partial charge in [-0.3, -0.25) is 4.79 Å². The summed E-state index contributed by atoms with van der Waals surface area (Å²) >= 11 is 2.85. The number of carbonyl (C=O) groups is 1. The van der Waals surface area contributed by atoms with Crippen LogP contribution in [0.5, 0.6) is 5.75 Å². The molecule has 4 rings (SSSR count). The van der Waals surface area contributed by atoms with E-state index >= 15 is 0 Å². The standard InChI is InChI=1S/C24H27N5O2S2/c1-14-6-8-19(16(3)9-14)31-12-21-27-28-24(29(21)4)32-13-22(30)26-23-18(11-25)17-7-5-15(2)10-20(17)33-23/h6,8-9,15H,5,7,10,12-13H2,1-4H3,(H,26,30). The second-order valence-corrected chi connectivity index (χ2v) is 10.6. The van der Waals surface area contributed by atoms with Gasteiger partial charge in [-0.1, -0.05) is 36.4 Å². The van der Waals surface area contributed by atoms with E-state index in [4.69, 9.17) is 4.74 Å². The molecule has 0 radical (unpaired) electrons. The van der Waals surface area contributed by atoms with Gasteiger partial charge in [0, 0.05) is 11.9 Å². The summed E-state index contributed by atoms with van der Waals surface area (Å²) in [5.74, 6) is 2.15. The van der Waals surface area contributed by atoms with E-state index in [1.165, 1.54) is 22.2 Å². The van der Waals surface area contributed by atoms with Gasteiger partial charge >= 0.3 is 0 Å². The number of nitrogens with zero attached hydrogens (tertiary/aromatic N) is 4. The lowest BCUT2D eigenvalue weighted by Crippen LogP contribution is -2.14. The van der Waals surface area contributed by atoms with Crippen LogP contribution in [0.25, 0.3) is 0 Å². The van der Waals surface area contributed by atoms with Crippen LogP contribution >= 0.6 is 23.1 Å². The first-order valence-corrected chi connectivity index (χ1v) is 12.7. The van der Waals surface area contributed by atoms with Crippen LogP contribution < -0.4 is 10.1 Å². The van der Waals surface area contributed by atoms with Gasteiger partial charge in [0.25, 0.3) is 0 Å². The van der Waals surface area contributed by atoms with E-state index in [0.717, 1.165) is 36.1 Å². The van der Waals surface area contributed by atoms with E-state index in [-0.39, 0.29) is 11.7 Å². The lowest BCUT2D eigenvalue weighted by molar-refractivity contribution is -0.113. The third-order valence-electron chi connectivity index (χ3n) is 5.82. The summed E-state index contributed by atoms with van der Waals surface area (Å²) in [5.41, 5.74) is 4.01. The minimum absolute atomic E-state index is 0.153. The molecular weight excluding hydrogens is 454 g/mol. The molecule has 9 heteroatoms. The highest BCUT2D eigenvalue weighted by Crippen LogP contribution is 2.39. The number of aromatic nitrogens is 3. The smallest absolute Gasteiger partial charge is 0.235 e. The second kappa shape index (κ2) is 9.98. The Hall–Kier alpha value is -2.83. The number of nitriles is 1. The third kappa shape index (κ3) is 5.23. The topological polar surface area (TPSA) is 92.8 Å². The number of thioether (sulfide) groups is 1. The van der Waals surface area contributed by atoms with Crippen molar-refractivity contribution in [2.45, 2.75) is 51.8 Å². The first-order chi connectivity index (χ1) is 15.9. The maximum Gasteiger partial charge on any atom is 0.235 e. The second-order valence-electron chi connectivity index (χ2n) is 8.52. The molecule has 0 saturated carbocycles. The van der Waals surface area contributed by atoms with Crippen molar-refractivity contribution in [3.8, 4) is 11.8 Å². The molecule has 2 aromatic heterocycles. The largest absolute Gasteiger partial charge is 0.485 e. The SMILES string of the molecule is Cc1ccc(OCc2nnc(SCC(=O)Nc3sc4c(c3C#N)CCC(C)C4)n2C)c(C)c1. The van der Waals surface area contributed by atoms with Gasteiger partial charge < -0.3 is 14.6 Å². The maximum absolute atomic E-state index is 12.6. The number of anilines is 1. The Kier molecular flexibility index (Phi) is 7.05. The molecule has 1 aromatic carbocycles. The first-order valence-electron chi connectivity index (χ1n) is 10.9. The molecule has 0 saturated heterocycles. The maximum atomic E-state index is 12.6. The zero-order valence-electron chi connectivity index (χ0n) is 19.3. The number of carbonyl (C=O) groups excluding carboxylic acids is 1. The number of nitrogens with one attached hydrogen (secondary N) is 1. The number of rotatable bonds is 7. The molecule has 0 fully saturated rings. The number of aryl methyl sites for hydroxylation is 2. The van der Waals surface area contributed by atoms with Gasteiger partial charge in [0.2, 0.25) is 5.91 Å². The van der Waals surface area contributed by atoms with E-state index < -0.39 is 0 Å². The monoisotopic (exact) mass is 481 g/mol. The molecule has 1 aliphatic rings. The summed E-state index contributed by atoms with van der Waals surface area (Å²) in [7, 11) is 1.86. The molecule has 1 N–H and O–H groups in total. The van der Waals surface area contributed by atoms with Gasteiger partial charge in [-0.15, -0.1) is 21.5 Å². The van der Waals surface area contributed by atoms with E-state index in [1.807, 2.05) is 37.6 Å². The molecule has 0 spiro atoms. The normalized spacial score (nSPS) is 15.1. The summed E-state index contributed by atoms with van der Waals surface area (Å²) in [6.45, 7) is 6.59. The van der Waals surface area contributed by atoms with Crippen LogP contribution in [0, 0.1) is 31.1 Å². The van der Waals surface area contributed by atoms with Crippen molar-refractivity contribution in [1.29, 1.82) is 5.26 Å². The van der Waals surface area contributed by atoms with Crippen LogP contribution in [-0.2, 0) is 31.3 Å². The average molecular weight is 482 g/mol. The molecule has 1 amide bonds. The van der Waals surface area contributed by atoms with Crippen molar-refractivity contribution < 1.29 is 9.53 Å². The average Bonchev–Trinajstić information content (AvgIpc) is 3.30. The molecule has 3 aromatic rings. The molecule has 0 aliphatic heterocycles. The summed E-state index contributed by atoms with van der Waals surface area (Å²) in [5, 5.41) is 22.3. The van der Waals surface area contributed by atoms with Gasteiger partial charge in [0.05, 0.1) is 11.3 Å². The Morgan fingerprint density at radius 3 is 2.97 bits per heavy atom. The van der Waals surface area contributed by atoms with Gasteiger partial charge in [0.1, 0.15) is 23.4 Å². The van der Waals surface area contributed by atoms with E-state index in [9.17, 15) is 10.1 Å². The lowest BCUT2D eigenvalue weighted by atomic mass is 9.89. The highest BCUT2D eigenvalue weighted by Gasteiger charge is 2.24. The summed E-state index contributed by atoms with van der Waals surface area (Å²) in [6.07, 6.45) is 2.97. The van der Waals surface area contributed by atoms with Crippen molar-refractivity contribution >= 4 is 34.0 Å². The van der Waals surface area contributed by atoms with Crippen LogP contribution in [-0.4, -0.2) is 26.4 Å². The molecule has 7 nitrogen and oxygen atoms in total. The Labute approximate surface area is 202 Å². The summed E-state index contributed by atoms with van der Waals surface area (Å²) in [6, 6.07) is 8.34. The predicted octanol–water partition coefficient (Wildman–Crippen LogP) is 4.80. The van der Waals surface area contributed by atoms with Gasteiger partial charge in [0.15, 0.2) is 11.0 Å². The fourth-order valence-electron chi connectivity index (χ4n) is 3.95. The number of ether oxygens (including phenoxy) is 1. The first kappa shape index (κ1) is 23.3. The van der Waals surface area contributed by atoms with E-state index in [1.54, 1.807) is 11.3 Å². The molecule has 2 heterocycles. The van der Waals surface area contributed by atoms with Crippen molar-refractivity contribution in [3.63, 3.8) is 0 Å². The van der Waals surface area contributed by atoms with Crippen molar-refractivity contribution in [3.05, 3.63) is 51.2 Å². The Balaban J connectivity index is 1.35. The van der Waals surface area contributed by atoms with Crippen molar-refractivity contribution in [1.82, 2.24) is 14.8 Å². The zero-order valence-corrected chi connectivity index (χ0v) is 20.9. The van der Waals surface area contributed by atoms with Crippen LogP contribution in [0.2, 0.25) is 0 Å². The number of hydrogen-bond donors (Lipinski definition) is 1. The molecule has 1 unspecified atom stereocenters. The Morgan fingerprint density at radius 2 is 2.21 bits per heavy atom. The van der Waals surface area contributed by atoms with E-state index in [0.29, 0.717) is 34.1 Å². The van der Waals surface area contributed by atoms with Crippen LogP contribution in [0.1, 0.15) is 46.3 Å². The zero-order chi connectivity index (χ0) is 23.5. The van der Waals surface area contributed by atoms with Gasteiger partial charge in [-0.25, -0.2) is 0 Å². The quantitative estimate of drug-likeness (QED) is 0.487. The molecule has 33 heavy (non-hydrogen) atoms. The molecule has 0 bridgehead atoms. The minimum atomic E-state index is -0.153. The number of hydrogen-bond acceptors (Lipinski definition) is 7. The Bertz CT molecular complexity index is 1220. The van der Waals surface area contributed by atoms with Gasteiger partial charge in [-0.2, -0.15) is 5.26 Å². The summed E-state index contributed by atoms with van der Waals surface area (Å²) in [4.78, 5) is 13.8.